The van der Waals surface area contributed by atoms with Gasteiger partial charge in [0.2, 0.25) is 0 Å². The molecule has 3 nitrogen and oxygen atoms in total. The maximum atomic E-state index is 11.9. The van der Waals surface area contributed by atoms with Crippen molar-refractivity contribution in [1.29, 1.82) is 0 Å². The molecule has 1 aliphatic carbocycles. The van der Waals surface area contributed by atoms with Gasteiger partial charge >= 0.3 is 0 Å². The van der Waals surface area contributed by atoms with Crippen LogP contribution in [0.5, 0.6) is 0 Å². The molecule has 0 bridgehead atoms. The maximum Gasteiger partial charge on any atom is 0.261 e. The average Bonchev–Trinajstić information content (AvgIpc) is 2.96. The lowest BCUT2D eigenvalue weighted by atomic mass is 10.2. The minimum atomic E-state index is -0.150. The maximum absolute atomic E-state index is 11.9. The van der Waals surface area contributed by atoms with Crippen molar-refractivity contribution in [1.82, 2.24) is 5.32 Å². The molecule has 0 saturated heterocycles. The Hall–Kier alpha value is -0.460. The van der Waals surface area contributed by atoms with Crippen molar-refractivity contribution in [2.24, 2.45) is 11.7 Å². The fraction of sp³-hybridized carbons (Fsp3) is 0.400. The first-order chi connectivity index (χ1) is 7.58. The fourth-order valence-electron chi connectivity index (χ4n) is 1.50. The zero-order valence-corrected chi connectivity index (χ0v) is 11.6. The van der Waals surface area contributed by atoms with Crippen LogP contribution in [0.1, 0.15) is 22.5 Å². The van der Waals surface area contributed by atoms with Crippen LogP contribution in [0.2, 0.25) is 0 Å². The summed E-state index contributed by atoms with van der Waals surface area (Å²) in [6, 6.07) is 3.49. The van der Waals surface area contributed by atoms with E-state index in [9.17, 15) is 4.79 Å². The molecule has 1 saturated carbocycles. The lowest BCUT2D eigenvalue weighted by Crippen LogP contribution is -2.44. The highest BCUT2D eigenvalue weighted by Gasteiger charge is 2.34. The molecule has 1 amide bonds. The van der Waals surface area contributed by atoms with E-state index in [1.165, 1.54) is 11.3 Å². The molecule has 1 aromatic rings. The van der Waals surface area contributed by atoms with Crippen LogP contribution < -0.4 is 11.1 Å². The van der Waals surface area contributed by atoms with Gasteiger partial charge in [0.15, 0.2) is 0 Å². The van der Waals surface area contributed by atoms with Gasteiger partial charge in [-0.25, -0.2) is 0 Å². The summed E-state index contributed by atoms with van der Waals surface area (Å²) in [5.41, 5.74) is 5.62. The molecule has 1 aliphatic rings. The number of hydrogen-bond acceptors (Lipinski definition) is 3. The highest BCUT2D eigenvalue weighted by Crippen LogP contribution is 2.33. The van der Waals surface area contributed by atoms with Crippen molar-refractivity contribution >= 4 is 50.4 Å². The molecule has 0 aromatic carbocycles. The van der Waals surface area contributed by atoms with E-state index in [1.54, 1.807) is 6.07 Å². The van der Waals surface area contributed by atoms with E-state index in [0.29, 0.717) is 15.8 Å². The third kappa shape index (κ3) is 2.81. The first kappa shape index (κ1) is 12.0. The second-order valence-electron chi connectivity index (χ2n) is 3.79. The van der Waals surface area contributed by atoms with Crippen LogP contribution in [0.15, 0.2) is 15.9 Å². The molecule has 86 valence electrons. The van der Waals surface area contributed by atoms with E-state index in [1.807, 2.05) is 6.07 Å². The highest BCUT2D eigenvalue weighted by atomic mass is 79.9. The smallest absolute Gasteiger partial charge is 0.261 e. The Morgan fingerprint density at radius 1 is 1.62 bits per heavy atom. The van der Waals surface area contributed by atoms with Crippen molar-refractivity contribution in [3.05, 3.63) is 20.8 Å². The number of carbonyl (C=O) groups excluding carboxylic acids is 1. The van der Waals surface area contributed by atoms with Crippen LogP contribution in [0, 0.1) is 5.92 Å². The quantitative estimate of drug-likeness (QED) is 0.838. The summed E-state index contributed by atoms with van der Waals surface area (Å²) in [5.74, 6) is 0.338. The van der Waals surface area contributed by atoms with Gasteiger partial charge in [-0.2, -0.15) is 0 Å². The van der Waals surface area contributed by atoms with Crippen molar-refractivity contribution in [3.63, 3.8) is 0 Å². The number of nitrogens with two attached hydrogens (primary N) is 1. The molecule has 0 spiro atoms. The number of carbonyl (C=O) groups is 1. The van der Waals surface area contributed by atoms with Gasteiger partial charge in [0, 0.05) is 0 Å². The van der Waals surface area contributed by atoms with Crippen molar-refractivity contribution in [2.45, 2.75) is 18.9 Å². The van der Waals surface area contributed by atoms with E-state index >= 15 is 0 Å². The standard InChI is InChI=1S/C10H11BrN2OS2/c11-7-4-3-6(16-7)10(14)13-8(9(12)15)5-1-2-5/h3-5,8H,1-2H2,(H2,12,15)(H,13,14). The third-order valence-corrected chi connectivity index (χ3v) is 4.36. The second-order valence-corrected chi connectivity index (χ2v) is 6.73. The van der Waals surface area contributed by atoms with E-state index in [2.05, 4.69) is 21.2 Å². The summed E-state index contributed by atoms with van der Waals surface area (Å²) in [6.07, 6.45) is 2.19. The SMILES string of the molecule is NC(=S)C(NC(=O)c1ccc(Br)s1)C1CC1. The Bertz CT molecular complexity index is 428. The number of thiophene rings is 1. The summed E-state index contributed by atoms with van der Waals surface area (Å²) in [7, 11) is 0. The Labute approximate surface area is 112 Å². The van der Waals surface area contributed by atoms with Crippen LogP contribution in [0.4, 0.5) is 0 Å². The van der Waals surface area contributed by atoms with Crippen molar-refractivity contribution in [3.8, 4) is 0 Å². The summed E-state index contributed by atoms with van der Waals surface area (Å²) in [4.78, 5) is 12.9. The van der Waals surface area contributed by atoms with Gasteiger partial charge in [0.25, 0.3) is 5.91 Å². The number of hydrogen-bond donors (Lipinski definition) is 2. The van der Waals surface area contributed by atoms with Crippen molar-refractivity contribution in [2.75, 3.05) is 0 Å². The van der Waals surface area contributed by atoms with Gasteiger partial charge in [-0.3, -0.25) is 4.79 Å². The monoisotopic (exact) mass is 318 g/mol. The molecule has 0 radical (unpaired) electrons. The zero-order valence-electron chi connectivity index (χ0n) is 8.40. The van der Waals surface area contributed by atoms with Gasteiger partial charge in [-0.05, 0) is 46.8 Å². The molecule has 1 aromatic heterocycles. The van der Waals surface area contributed by atoms with E-state index in [0.717, 1.165) is 16.6 Å². The largest absolute Gasteiger partial charge is 0.392 e. The molecule has 2 rings (SSSR count). The summed E-state index contributed by atoms with van der Waals surface area (Å²) >= 11 is 9.69. The van der Waals surface area contributed by atoms with Gasteiger partial charge in [0.1, 0.15) is 0 Å². The molecule has 6 heteroatoms. The van der Waals surface area contributed by atoms with Gasteiger partial charge in [0.05, 0.1) is 19.7 Å². The van der Waals surface area contributed by atoms with Crippen LogP contribution >= 0.6 is 39.5 Å². The Morgan fingerprint density at radius 2 is 2.31 bits per heavy atom. The number of thiocarbonyl (C=S) groups is 1. The topological polar surface area (TPSA) is 55.1 Å². The lowest BCUT2D eigenvalue weighted by molar-refractivity contribution is 0.0948. The Balaban J connectivity index is 2.02. The molecule has 16 heavy (non-hydrogen) atoms. The van der Waals surface area contributed by atoms with Gasteiger partial charge in [-0.1, -0.05) is 12.2 Å². The minimum absolute atomic E-state index is 0.0969. The van der Waals surface area contributed by atoms with Crippen LogP contribution in [0.3, 0.4) is 0 Å². The highest BCUT2D eigenvalue weighted by molar-refractivity contribution is 9.11. The third-order valence-electron chi connectivity index (χ3n) is 2.48. The molecule has 0 aliphatic heterocycles. The number of halogens is 1. The fourth-order valence-corrected chi connectivity index (χ4v) is 3.04. The molecular formula is C10H11BrN2OS2. The Morgan fingerprint density at radius 3 is 2.75 bits per heavy atom. The molecular weight excluding hydrogens is 308 g/mol. The molecule has 1 unspecified atom stereocenters. The Kier molecular flexibility index (Phi) is 3.61. The van der Waals surface area contributed by atoms with Gasteiger partial charge in [-0.15, -0.1) is 11.3 Å². The first-order valence-corrected chi connectivity index (χ1v) is 6.95. The molecule has 1 heterocycles. The van der Waals surface area contributed by atoms with E-state index < -0.39 is 0 Å². The summed E-state index contributed by atoms with van der Waals surface area (Å²) in [6.45, 7) is 0. The number of nitrogens with one attached hydrogen (secondary N) is 1. The zero-order chi connectivity index (χ0) is 11.7. The van der Waals surface area contributed by atoms with Gasteiger partial charge < -0.3 is 11.1 Å². The predicted molar refractivity (Wildman–Crippen MR) is 72.8 cm³/mol. The first-order valence-electron chi connectivity index (χ1n) is 4.93. The van der Waals surface area contributed by atoms with Crippen LogP contribution in [-0.2, 0) is 0 Å². The predicted octanol–water partition coefficient (Wildman–Crippen LogP) is 2.31. The average molecular weight is 319 g/mol. The number of amides is 1. The summed E-state index contributed by atoms with van der Waals surface area (Å²) in [5, 5.41) is 2.89. The minimum Gasteiger partial charge on any atom is -0.392 e. The van der Waals surface area contributed by atoms with Crippen molar-refractivity contribution < 1.29 is 4.79 Å². The molecule has 1 fully saturated rings. The molecule has 1 atom stereocenters. The van der Waals surface area contributed by atoms with Crippen LogP contribution in [-0.4, -0.2) is 16.9 Å². The normalized spacial score (nSPS) is 16.8. The number of rotatable bonds is 4. The summed E-state index contributed by atoms with van der Waals surface area (Å²) < 4.78 is 0.941. The van der Waals surface area contributed by atoms with Crippen LogP contribution in [0.25, 0.3) is 0 Å². The molecule has 3 N–H and O–H groups in total. The second kappa shape index (κ2) is 4.81. The lowest BCUT2D eigenvalue weighted by Gasteiger charge is -2.15. The van der Waals surface area contributed by atoms with E-state index in [-0.39, 0.29) is 11.9 Å². The van der Waals surface area contributed by atoms with E-state index in [4.69, 9.17) is 18.0 Å².